The van der Waals surface area contributed by atoms with Crippen molar-refractivity contribution in [3.63, 3.8) is 0 Å². The summed E-state index contributed by atoms with van der Waals surface area (Å²) >= 11 is 0. The predicted molar refractivity (Wildman–Crippen MR) is 138 cm³/mol. The molecule has 0 radical (unpaired) electrons. The Kier molecular flexibility index (Phi) is 12.1. The van der Waals surface area contributed by atoms with Gasteiger partial charge in [0.25, 0.3) is 0 Å². The molecule has 2 heterocycles. The topological polar surface area (TPSA) is 69.1 Å². The first-order valence-corrected chi connectivity index (χ1v) is 11.8. The zero-order chi connectivity index (χ0) is 21.2. The van der Waals surface area contributed by atoms with Crippen LogP contribution in [0, 0.1) is 12.8 Å². The van der Waals surface area contributed by atoms with Gasteiger partial charge < -0.3 is 25.4 Å². The molecule has 2 unspecified atom stereocenters. The first kappa shape index (κ1) is 26.4. The summed E-state index contributed by atoms with van der Waals surface area (Å²) in [6, 6.07) is 8.74. The Balaban J connectivity index is 0.00000341. The van der Waals surface area contributed by atoms with Crippen molar-refractivity contribution in [2.75, 3.05) is 45.9 Å². The Morgan fingerprint density at radius 1 is 1.16 bits per heavy atom. The number of ether oxygens (including phenoxy) is 1. The van der Waals surface area contributed by atoms with Crippen molar-refractivity contribution in [2.45, 2.75) is 58.2 Å². The highest BCUT2D eigenvalue weighted by Crippen LogP contribution is 2.33. The predicted octanol–water partition coefficient (Wildman–Crippen LogP) is 3.48. The molecule has 7 heteroatoms. The van der Waals surface area contributed by atoms with Gasteiger partial charge >= 0.3 is 0 Å². The van der Waals surface area contributed by atoms with Gasteiger partial charge in [0.15, 0.2) is 5.96 Å². The van der Waals surface area contributed by atoms with Gasteiger partial charge in [0.1, 0.15) is 0 Å². The number of nitrogens with zero attached hydrogens (tertiary/aromatic N) is 2. The van der Waals surface area contributed by atoms with E-state index in [1.54, 1.807) is 0 Å². The van der Waals surface area contributed by atoms with E-state index in [9.17, 15) is 5.11 Å². The molecule has 2 fully saturated rings. The van der Waals surface area contributed by atoms with E-state index in [0.717, 1.165) is 83.9 Å². The molecule has 0 bridgehead atoms. The molecule has 2 aliphatic rings. The Morgan fingerprint density at radius 2 is 1.90 bits per heavy atom. The number of aryl methyl sites for hydroxylation is 1. The number of aliphatic hydroxyl groups is 1. The molecule has 2 saturated heterocycles. The van der Waals surface area contributed by atoms with Crippen molar-refractivity contribution in [1.29, 1.82) is 0 Å². The number of nitrogens with one attached hydrogen (secondary N) is 2. The van der Waals surface area contributed by atoms with Crippen LogP contribution < -0.4 is 10.6 Å². The zero-order valence-corrected chi connectivity index (χ0v) is 21.5. The van der Waals surface area contributed by atoms with Crippen LogP contribution in [0.3, 0.4) is 0 Å². The second kappa shape index (κ2) is 14.3. The van der Waals surface area contributed by atoms with Gasteiger partial charge in [-0.3, -0.25) is 4.99 Å². The molecule has 2 aliphatic heterocycles. The van der Waals surface area contributed by atoms with Gasteiger partial charge in [-0.2, -0.15) is 0 Å². The van der Waals surface area contributed by atoms with Gasteiger partial charge in [0.05, 0.1) is 12.2 Å². The largest absolute Gasteiger partial charge is 0.393 e. The van der Waals surface area contributed by atoms with E-state index in [1.165, 1.54) is 11.1 Å². The number of aliphatic hydroxyl groups excluding tert-OH is 1. The molecule has 0 aromatic heterocycles. The van der Waals surface area contributed by atoms with Crippen molar-refractivity contribution in [3.05, 3.63) is 35.4 Å². The first-order chi connectivity index (χ1) is 14.7. The van der Waals surface area contributed by atoms with Crippen LogP contribution in [0.2, 0.25) is 0 Å². The maximum atomic E-state index is 9.63. The summed E-state index contributed by atoms with van der Waals surface area (Å²) in [7, 11) is 0. The second-order valence-corrected chi connectivity index (χ2v) is 8.68. The summed E-state index contributed by atoms with van der Waals surface area (Å²) < 4.78 is 6.15. The molecule has 1 aromatic rings. The number of halogens is 1. The average Bonchev–Trinajstić information content (AvgIpc) is 2.77. The monoisotopic (exact) mass is 544 g/mol. The maximum Gasteiger partial charge on any atom is 0.191 e. The van der Waals surface area contributed by atoms with Crippen molar-refractivity contribution >= 4 is 29.9 Å². The molecular weight excluding hydrogens is 503 g/mol. The van der Waals surface area contributed by atoms with Gasteiger partial charge in [-0.15, -0.1) is 24.0 Å². The Labute approximate surface area is 205 Å². The highest BCUT2D eigenvalue weighted by Gasteiger charge is 2.27. The number of rotatable bonds is 8. The van der Waals surface area contributed by atoms with Gasteiger partial charge in [0, 0.05) is 45.2 Å². The molecule has 3 rings (SSSR count). The van der Waals surface area contributed by atoms with Crippen molar-refractivity contribution in [3.8, 4) is 0 Å². The van der Waals surface area contributed by atoms with E-state index in [2.05, 4.69) is 53.6 Å². The van der Waals surface area contributed by atoms with Gasteiger partial charge in [-0.1, -0.05) is 29.8 Å². The smallest absolute Gasteiger partial charge is 0.191 e. The van der Waals surface area contributed by atoms with Crippen LogP contribution >= 0.6 is 24.0 Å². The highest BCUT2D eigenvalue weighted by atomic mass is 127. The van der Waals surface area contributed by atoms with E-state index in [0.29, 0.717) is 5.92 Å². The maximum absolute atomic E-state index is 9.63. The minimum atomic E-state index is -0.0978. The molecule has 0 spiro atoms. The first-order valence-electron chi connectivity index (χ1n) is 11.8. The molecule has 31 heavy (non-hydrogen) atoms. The third-order valence-corrected chi connectivity index (χ3v) is 6.18. The summed E-state index contributed by atoms with van der Waals surface area (Å²) in [5.74, 6) is 1.32. The van der Waals surface area contributed by atoms with Crippen LogP contribution in [0.1, 0.15) is 56.3 Å². The summed E-state index contributed by atoms with van der Waals surface area (Å²) in [6.45, 7) is 10.7. The normalized spacial score (nSPS) is 23.3. The van der Waals surface area contributed by atoms with Crippen molar-refractivity contribution in [1.82, 2.24) is 15.5 Å². The van der Waals surface area contributed by atoms with Crippen LogP contribution in [0.15, 0.2) is 29.3 Å². The number of hydrogen-bond donors (Lipinski definition) is 3. The molecule has 0 saturated carbocycles. The van der Waals surface area contributed by atoms with E-state index in [4.69, 9.17) is 9.73 Å². The summed E-state index contributed by atoms with van der Waals surface area (Å²) in [4.78, 5) is 7.34. The standard InChI is InChI=1S/C24H40N4O2.HI/c1-3-25-24(26-13-5-14-28-15-11-22(29)12-16-28)27-18-21-6-4-17-30-23(21)20-9-7-19(2)8-10-20;/h7-10,21-23,29H,3-6,11-18H2,1-2H3,(H2,25,26,27);1H. The van der Waals surface area contributed by atoms with E-state index in [-0.39, 0.29) is 36.2 Å². The molecular formula is C24H41IN4O2. The fourth-order valence-corrected chi connectivity index (χ4v) is 4.36. The lowest BCUT2D eigenvalue weighted by molar-refractivity contribution is -0.0250. The SMILES string of the molecule is CCNC(=NCC1CCCOC1c1ccc(C)cc1)NCCCN1CCC(O)CC1.I. The van der Waals surface area contributed by atoms with Crippen LogP contribution in [0.4, 0.5) is 0 Å². The van der Waals surface area contributed by atoms with E-state index < -0.39 is 0 Å². The van der Waals surface area contributed by atoms with Crippen LogP contribution in [-0.2, 0) is 4.74 Å². The van der Waals surface area contributed by atoms with Crippen molar-refractivity contribution < 1.29 is 9.84 Å². The molecule has 1 aromatic carbocycles. The quantitative estimate of drug-likeness (QED) is 0.203. The van der Waals surface area contributed by atoms with Crippen LogP contribution in [0.5, 0.6) is 0 Å². The van der Waals surface area contributed by atoms with Gasteiger partial charge in [0.2, 0.25) is 0 Å². The minimum absolute atomic E-state index is 0. The number of piperidine rings is 1. The highest BCUT2D eigenvalue weighted by molar-refractivity contribution is 14.0. The molecule has 176 valence electrons. The molecule has 6 nitrogen and oxygen atoms in total. The number of aliphatic imine (C=N–C) groups is 1. The fraction of sp³-hybridized carbons (Fsp3) is 0.708. The molecule has 3 N–H and O–H groups in total. The van der Waals surface area contributed by atoms with Gasteiger partial charge in [-0.05, 0) is 58.1 Å². The average molecular weight is 545 g/mol. The van der Waals surface area contributed by atoms with Crippen molar-refractivity contribution in [2.24, 2.45) is 10.9 Å². The molecule has 0 aliphatic carbocycles. The lowest BCUT2D eigenvalue weighted by Gasteiger charge is -2.31. The third kappa shape index (κ3) is 8.86. The minimum Gasteiger partial charge on any atom is -0.393 e. The Morgan fingerprint density at radius 3 is 2.61 bits per heavy atom. The zero-order valence-electron chi connectivity index (χ0n) is 19.2. The summed E-state index contributed by atoms with van der Waals surface area (Å²) in [6.07, 6.45) is 5.20. The van der Waals surface area contributed by atoms with Crippen LogP contribution in [-0.4, -0.2) is 67.9 Å². The number of hydrogen-bond acceptors (Lipinski definition) is 4. The second-order valence-electron chi connectivity index (χ2n) is 8.68. The summed E-state index contributed by atoms with van der Waals surface area (Å²) in [5.41, 5.74) is 2.55. The summed E-state index contributed by atoms with van der Waals surface area (Å²) in [5, 5.41) is 16.5. The van der Waals surface area contributed by atoms with Crippen LogP contribution in [0.25, 0.3) is 0 Å². The lowest BCUT2D eigenvalue weighted by Crippen LogP contribution is -2.40. The lowest BCUT2D eigenvalue weighted by atomic mass is 9.89. The number of benzene rings is 1. The molecule has 2 atom stereocenters. The number of likely N-dealkylation sites (tertiary alicyclic amines) is 1. The molecule has 0 amide bonds. The number of guanidine groups is 1. The fourth-order valence-electron chi connectivity index (χ4n) is 4.36. The van der Waals surface area contributed by atoms with E-state index in [1.807, 2.05) is 0 Å². The Hall–Kier alpha value is -0.900. The third-order valence-electron chi connectivity index (χ3n) is 6.18. The van der Waals surface area contributed by atoms with Gasteiger partial charge in [-0.25, -0.2) is 0 Å². The van der Waals surface area contributed by atoms with E-state index >= 15 is 0 Å². The Bertz CT molecular complexity index is 647.